The van der Waals surface area contributed by atoms with Crippen molar-refractivity contribution >= 4 is 11.7 Å². The number of fused-ring (bicyclic) bond motifs is 2. The van der Waals surface area contributed by atoms with Gasteiger partial charge in [0.05, 0.1) is 11.7 Å². The quantitative estimate of drug-likeness (QED) is 0.457. The van der Waals surface area contributed by atoms with Gasteiger partial charge in [-0.05, 0) is 38.2 Å². The van der Waals surface area contributed by atoms with Gasteiger partial charge in [0.15, 0.2) is 11.4 Å². The van der Waals surface area contributed by atoms with Crippen LogP contribution >= 0.6 is 0 Å². The Morgan fingerprint density at radius 1 is 1.29 bits per heavy atom. The average Bonchev–Trinajstić information content (AvgIpc) is 3.36. The largest absolute Gasteiger partial charge is 0.386 e. The Kier molecular flexibility index (Phi) is 5.61. The van der Waals surface area contributed by atoms with Crippen molar-refractivity contribution in [2.45, 2.75) is 70.0 Å². The third-order valence-corrected chi connectivity index (χ3v) is 7.82. The van der Waals surface area contributed by atoms with Crippen molar-refractivity contribution in [3.8, 4) is 0 Å². The van der Waals surface area contributed by atoms with Gasteiger partial charge in [0.1, 0.15) is 6.10 Å². The molecule has 0 bridgehead atoms. The monoisotopic (exact) mass is 427 g/mol. The number of amides is 1. The second kappa shape index (κ2) is 7.84. The molecule has 168 valence electrons. The fourth-order valence-electron chi connectivity index (χ4n) is 5.81. The molecular weight excluding hydrogens is 394 g/mol. The highest BCUT2D eigenvalue weighted by atomic mass is 16.6. The molecule has 2 heterocycles. The molecule has 2 aliphatic heterocycles. The Morgan fingerprint density at radius 3 is 2.61 bits per heavy atom. The molecular formula is C25H33NO5. The molecule has 3 fully saturated rings. The van der Waals surface area contributed by atoms with Crippen LogP contribution in [0, 0.1) is 23.7 Å². The van der Waals surface area contributed by atoms with Crippen molar-refractivity contribution in [1.29, 1.82) is 0 Å². The maximum absolute atomic E-state index is 13.1. The van der Waals surface area contributed by atoms with Crippen LogP contribution in [0.1, 0.15) is 39.7 Å². The Bertz CT molecular complexity index is 883. The van der Waals surface area contributed by atoms with E-state index < -0.39 is 17.6 Å². The summed E-state index contributed by atoms with van der Waals surface area (Å²) < 4.78 is 6.08. The van der Waals surface area contributed by atoms with Crippen LogP contribution in [0.4, 0.5) is 0 Å². The minimum atomic E-state index is -1.55. The van der Waals surface area contributed by atoms with Crippen LogP contribution < -0.4 is 5.32 Å². The zero-order chi connectivity index (χ0) is 22.6. The van der Waals surface area contributed by atoms with Crippen molar-refractivity contribution in [3.63, 3.8) is 0 Å². The number of allylic oxidation sites excluding steroid dienone is 1. The Hall–Kier alpha value is -2.02. The summed E-state index contributed by atoms with van der Waals surface area (Å²) in [6.45, 7) is 7.37. The maximum Gasteiger partial charge on any atom is 0.253 e. The third-order valence-electron chi connectivity index (χ3n) is 7.82. The van der Waals surface area contributed by atoms with Gasteiger partial charge in [-0.2, -0.15) is 0 Å². The number of benzene rings is 1. The highest BCUT2D eigenvalue weighted by molar-refractivity contribution is 5.90. The van der Waals surface area contributed by atoms with E-state index in [1.807, 2.05) is 42.5 Å². The van der Waals surface area contributed by atoms with Gasteiger partial charge < -0.3 is 20.3 Å². The normalized spacial score (nSPS) is 40.7. The lowest BCUT2D eigenvalue weighted by Crippen LogP contribution is -2.59. The average molecular weight is 428 g/mol. The lowest BCUT2D eigenvalue weighted by molar-refractivity contribution is -0.148. The minimum Gasteiger partial charge on any atom is -0.386 e. The first-order valence-corrected chi connectivity index (χ1v) is 11.2. The summed E-state index contributed by atoms with van der Waals surface area (Å²) in [6.07, 6.45) is 3.56. The fraction of sp³-hybridized carbons (Fsp3) is 0.600. The van der Waals surface area contributed by atoms with E-state index in [9.17, 15) is 19.8 Å². The number of aliphatic hydroxyl groups excluding tert-OH is 1. The Balaban J connectivity index is 1.59. The first-order chi connectivity index (χ1) is 14.6. The number of ketones is 1. The molecule has 0 unspecified atom stereocenters. The first-order valence-electron chi connectivity index (χ1n) is 11.2. The lowest BCUT2D eigenvalue weighted by Gasteiger charge is -2.43. The number of carbonyl (C=O) groups is 2. The van der Waals surface area contributed by atoms with Crippen LogP contribution in [0.5, 0.6) is 0 Å². The summed E-state index contributed by atoms with van der Waals surface area (Å²) in [5, 5.41) is 24.4. The Labute approximate surface area is 183 Å². The second-order valence-electron chi connectivity index (χ2n) is 9.80. The van der Waals surface area contributed by atoms with Gasteiger partial charge in [0, 0.05) is 23.8 Å². The molecule has 1 aromatic carbocycles. The van der Waals surface area contributed by atoms with Crippen LogP contribution in [0.25, 0.3) is 0 Å². The highest BCUT2D eigenvalue weighted by Crippen LogP contribution is 2.62. The minimum absolute atomic E-state index is 0.00977. The number of hydrogen-bond donors (Lipinski definition) is 3. The Morgan fingerprint density at radius 2 is 1.97 bits per heavy atom. The molecule has 1 aliphatic carbocycles. The van der Waals surface area contributed by atoms with E-state index in [1.54, 1.807) is 6.92 Å². The molecule has 4 rings (SSSR count). The van der Waals surface area contributed by atoms with Crippen LogP contribution in [0.3, 0.4) is 0 Å². The van der Waals surface area contributed by atoms with Crippen LogP contribution in [-0.4, -0.2) is 51.4 Å². The van der Waals surface area contributed by atoms with E-state index >= 15 is 0 Å². The van der Waals surface area contributed by atoms with Crippen molar-refractivity contribution in [1.82, 2.24) is 5.32 Å². The van der Waals surface area contributed by atoms with Crippen LogP contribution in [-0.2, 0) is 20.7 Å². The first kappa shape index (κ1) is 22.2. The van der Waals surface area contributed by atoms with E-state index in [0.29, 0.717) is 12.8 Å². The molecule has 3 aliphatic rings. The number of rotatable bonds is 7. The van der Waals surface area contributed by atoms with E-state index in [1.165, 1.54) is 6.92 Å². The van der Waals surface area contributed by atoms with Gasteiger partial charge in [-0.3, -0.25) is 9.59 Å². The number of carbonyl (C=O) groups excluding carboxylic acids is 2. The van der Waals surface area contributed by atoms with Crippen molar-refractivity contribution in [3.05, 3.63) is 48.0 Å². The molecule has 31 heavy (non-hydrogen) atoms. The van der Waals surface area contributed by atoms with Gasteiger partial charge in [-0.1, -0.05) is 56.3 Å². The smallest absolute Gasteiger partial charge is 0.253 e. The van der Waals surface area contributed by atoms with E-state index in [4.69, 9.17) is 4.74 Å². The van der Waals surface area contributed by atoms with Crippen molar-refractivity contribution in [2.24, 2.45) is 23.7 Å². The molecule has 3 N–H and O–H groups in total. The summed E-state index contributed by atoms with van der Waals surface area (Å²) >= 11 is 0. The molecule has 1 saturated carbocycles. The number of hydrogen-bond acceptors (Lipinski definition) is 5. The third kappa shape index (κ3) is 3.55. The molecule has 0 aromatic heterocycles. The highest BCUT2D eigenvalue weighted by Gasteiger charge is 2.76. The van der Waals surface area contributed by atoms with Gasteiger partial charge in [-0.15, -0.1) is 0 Å². The SMILES string of the molecule is C[C@H](O)C(=O)[C@@H](C)CC=C[C@@H]1[C@@H]2O[C@]2(C)[C@@H](C)[C@H]2[C@H](Cc3ccccc3)NC(=O)[C@]21O. The van der Waals surface area contributed by atoms with Gasteiger partial charge in [0.25, 0.3) is 5.91 Å². The summed E-state index contributed by atoms with van der Waals surface area (Å²) in [6, 6.07) is 9.81. The summed E-state index contributed by atoms with van der Waals surface area (Å²) in [7, 11) is 0. The summed E-state index contributed by atoms with van der Waals surface area (Å²) in [5.74, 6) is -1.64. The molecule has 6 heteroatoms. The number of nitrogens with one attached hydrogen (secondary N) is 1. The molecule has 6 nitrogen and oxygen atoms in total. The standard InChI is InChI=1S/C25H33NO5/c1-14(21(28)16(3)27)9-8-12-18-22-24(4,31-22)15(2)20-19(26-23(29)25(18,20)30)13-17-10-6-5-7-11-17/h5-8,10-12,14-16,18-20,22,27,30H,9,13H2,1-4H3,(H,26,29)/t14-,15-,16-,18+,19-,20-,22-,24+,25+/m0/s1. The maximum atomic E-state index is 13.1. The van der Waals surface area contributed by atoms with Gasteiger partial charge in [0.2, 0.25) is 0 Å². The van der Waals surface area contributed by atoms with Crippen LogP contribution in [0.15, 0.2) is 42.5 Å². The number of aliphatic hydroxyl groups is 2. The molecule has 0 radical (unpaired) electrons. The number of ether oxygens (including phenoxy) is 1. The fourth-order valence-corrected chi connectivity index (χ4v) is 5.81. The number of Topliss-reactive ketones (excluding diaryl/α,β-unsaturated/α-hetero) is 1. The molecule has 0 spiro atoms. The van der Waals surface area contributed by atoms with Crippen molar-refractivity contribution < 1.29 is 24.5 Å². The number of epoxide rings is 1. The zero-order valence-electron chi connectivity index (χ0n) is 18.6. The summed E-state index contributed by atoms with van der Waals surface area (Å²) in [4.78, 5) is 25.1. The zero-order valence-corrected chi connectivity index (χ0v) is 18.6. The second-order valence-corrected chi connectivity index (χ2v) is 9.80. The summed E-state index contributed by atoms with van der Waals surface area (Å²) in [5.41, 5.74) is -0.812. The predicted octanol–water partition coefficient (Wildman–Crippen LogP) is 2.03. The van der Waals surface area contributed by atoms with E-state index in [2.05, 4.69) is 19.2 Å². The molecule has 9 atom stereocenters. The van der Waals surface area contributed by atoms with Gasteiger partial charge >= 0.3 is 0 Å². The lowest BCUT2D eigenvalue weighted by atomic mass is 9.59. The molecule has 1 amide bonds. The predicted molar refractivity (Wildman–Crippen MR) is 116 cm³/mol. The van der Waals surface area contributed by atoms with Gasteiger partial charge in [-0.25, -0.2) is 0 Å². The molecule has 1 aromatic rings. The topological polar surface area (TPSA) is 99.2 Å². The van der Waals surface area contributed by atoms with Crippen LogP contribution in [0.2, 0.25) is 0 Å². The molecule has 2 saturated heterocycles. The van der Waals surface area contributed by atoms with E-state index in [0.717, 1.165) is 5.56 Å². The van der Waals surface area contributed by atoms with E-state index in [-0.39, 0.29) is 47.2 Å². The van der Waals surface area contributed by atoms with Crippen molar-refractivity contribution in [2.75, 3.05) is 0 Å².